The third-order valence-electron chi connectivity index (χ3n) is 4.88. The lowest BCUT2D eigenvalue weighted by Gasteiger charge is -2.44. The van der Waals surface area contributed by atoms with Crippen molar-refractivity contribution < 1.29 is 4.74 Å². The van der Waals surface area contributed by atoms with Crippen LogP contribution in [-0.2, 0) is 4.74 Å². The van der Waals surface area contributed by atoms with Gasteiger partial charge in [0, 0.05) is 25.7 Å². The number of hydrogen-bond donors (Lipinski definition) is 1. The largest absolute Gasteiger partial charge is 0.379 e. The predicted octanol–water partition coefficient (Wildman–Crippen LogP) is 3.05. The molecule has 3 heteroatoms. The van der Waals surface area contributed by atoms with Crippen LogP contribution in [0.5, 0.6) is 0 Å². The lowest BCUT2D eigenvalue weighted by molar-refractivity contribution is 0.0608. The van der Waals surface area contributed by atoms with Crippen molar-refractivity contribution in [1.29, 1.82) is 0 Å². The molecule has 20 heavy (non-hydrogen) atoms. The second kappa shape index (κ2) is 9.01. The molecule has 2 aliphatic rings. The van der Waals surface area contributed by atoms with Crippen LogP contribution in [0.1, 0.15) is 58.8 Å². The van der Waals surface area contributed by atoms with Crippen LogP contribution in [0.2, 0.25) is 0 Å². The van der Waals surface area contributed by atoms with E-state index >= 15 is 0 Å². The number of piperidine rings is 1. The van der Waals surface area contributed by atoms with Gasteiger partial charge >= 0.3 is 0 Å². The summed E-state index contributed by atoms with van der Waals surface area (Å²) >= 11 is 0. The lowest BCUT2D eigenvalue weighted by atomic mass is 9.78. The first-order valence-electron chi connectivity index (χ1n) is 8.83. The predicted molar refractivity (Wildman–Crippen MR) is 85.1 cm³/mol. The minimum atomic E-state index is 0.367. The fourth-order valence-electron chi connectivity index (χ4n) is 3.87. The van der Waals surface area contributed by atoms with Crippen LogP contribution >= 0.6 is 0 Å². The molecule has 1 saturated heterocycles. The Labute approximate surface area is 125 Å². The molecule has 1 heterocycles. The first-order chi connectivity index (χ1) is 9.77. The first-order valence-corrected chi connectivity index (χ1v) is 8.83. The number of nitrogens with one attached hydrogen (secondary N) is 1. The van der Waals surface area contributed by atoms with E-state index in [1.165, 1.54) is 51.6 Å². The number of nitrogens with zero attached hydrogens (tertiary/aromatic N) is 1. The van der Waals surface area contributed by atoms with Gasteiger partial charge in [-0.15, -0.1) is 0 Å². The Morgan fingerprint density at radius 1 is 1.10 bits per heavy atom. The summed E-state index contributed by atoms with van der Waals surface area (Å²) in [5, 5.41) is 3.58. The minimum absolute atomic E-state index is 0.367. The highest BCUT2D eigenvalue weighted by atomic mass is 16.5. The summed E-state index contributed by atoms with van der Waals surface area (Å²) in [6.07, 6.45) is 10.3. The van der Waals surface area contributed by atoms with Crippen molar-refractivity contribution in [2.24, 2.45) is 5.92 Å². The number of fused-ring (bicyclic) bond motifs is 1. The molecule has 0 bridgehead atoms. The van der Waals surface area contributed by atoms with Crippen molar-refractivity contribution in [2.75, 3.05) is 32.8 Å². The molecular formula is C17H34N2O. The molecule has 0 aromatic carbocycles. The van der Waals surface area contributed by atoms with Crippen molar-refractivity contribution in [1.82, 2.24) is 10.2 Å². The Hall–Kier alpha value is -0.120. The molecule has 2 atom stereocenters. The van der Waals surface area contributed by atoms with Crippen LogP contribution in [-0.4, -0.2) is 49.8 Å². The molecule has 0 amide bonds. The lowest BCUT2D eigenvalue weighted by Crippen LogP contribution is -2.48. The molecule has 1 aliphatic heterocycles. The van der Waals surface area contributed by atoms with Gasteiger partial charge in [0.05, 0.1) is 6.10 Å². The summed E-state index contributed by atoms with van der Waals surface area (Å²) in [6, 6.07) is 0.906. The van der Waals surface area contributed by atoms with Crippen LogP contribution in [0, 0.1) is 5.92 Å². The van der Waals surface area contributed by atoms with E-state index in [4.69, 9.17) is 4.74 Å². The Morgan fingerprint density at radius 3 is 2.75 bits per heavy atom. The van der Waals surface area contributed by atoms with Crippen LogP contribution in [0.4, 0.5) is 0 Å². The van der Waals surface area contributed by atoms with Crippen molar-refractivity contribution >= 4 is 0 Å². The van der Waals surface area contributed by atoms with Crippen LogP contribution in [0.15, 0.2) is 0 Å². The fraction of sp³-hybridized carbons (Fsp3) is 1.00. The zero-order valence-electron chi connectivity index (χ0n) is 13.6. The minimum Gasteiger partial charge on any atom is -0.379 e. The van der Waals surface area contributed by atoms with E-state index in [0.717, 1.165) is 38.1 Å². The number of rotatable bonds is 8. The van der Waals surface area contributed by atoms with Gasteiger partial charge in [0.1, 0.15) is 0 Å². The monoisotopic (exact) mass is 282 g/mol. The van der Waals surface area contributed by atoms with Crippen molar-refractivity contribution in [2.45, 2.75) is 70.9 Å². The third kappa shape index (κ3) is 5.34. The third-order valence-corrected chi connectivity index (χ3v) is 4.88. The second-order valence-corrected chi connectivity index (χ2v) is 6.81. The topological polar surface area (TPSA) is 24.5 Å². The summed E-state index contributed by atoms with van der Waals surface area (Å²) in [5.41, 5.74) is 0. The van der Waals surface area contributed by atoms with E-state index in [1.54, 1.807) is 0 Å². The van der Waals surface area contributed by atoms with Gasteiger partial charge < -0.3 is 10.1 Å². The van der Waals surface area contributed by atoms with Gasteiger partial charge in [-0.1, -0.05) is 12.8 Å². The molecule has 0 aromatic heterocycles. The number of hydrogen-bond acceptors (Lipinski definition) is 3. The standard InChI is InChI=1S/C17H34N2O/c1-15(2)20-14-6-10-18-11-13-19-12-5-8-16-7-3-4-9-17(16)19/h15-18H,3-14H2,1-2H3. The molecule has 118 valence electrons. The molecule has 3 nitrogen and oxygen atoms in total. The average Bonchev–Trinajstić information content (AvgIpc) is 2.46. The summed E-state index contributed by atoms with van der Waals surface area (Å²) in [5.74, 6) is 1.01. The zero-order chi connectivity index (χ0) is 14.2. The van der Waals surface area contributed by atoms with E-state index < -0.39 is 0 Å². The molecule has 1 aliphatic carbocycles. The molecule has 0 aromatic rings. The van der Waals surface area contributed by atoms with E-state index in [9.17, 15) is 0 Å². The maximum Gasteiger partial charge on any atom is 0.0518 e. The molecule has 2 unspecified atom stereocenters. The molecular weight excluding hydrogens is 248 g/mol. The molecule has 2 rings (SSSR count). The van der Waals surface area contributed by atoms with Crippen molar-refractivity contribution in [3.8, 4) is 0 Å². The normalized spacial score (nSPS) is 27.8. The quantitative estimate of drug-likeness (QED) is 0.693. The van der Waals surface area contributed by atoms with E-state index in [1.807, 2.05) is 0 Å². The van der Waals surface area contributed by atoms with Crippen LogP contribution < -0.4 is 5.32 Å². The van der Waals surface area contributed by atoms with Gasteiger partial charge in [0.25, 0.3) is 0 Å². The Morgan fingerprint density at radius 2 is 1.90 bits per heavy atom. The number of likely N-dealkylation sites (tertiary alicyclic amines) is 1. The SMILES string of the molecule is CC(C)OCCCNCCN1CCCC2CCCCC21. The molecule has 2 fully saturated rings. The number of ether oxygens (including phenoxy) is 1. The van der Waals surface area contributed by atoms with Crippen LogP contribution in [0.25, 0.3) is 0 Å². The van der Waals surface area contributed by atoms with Gasteiger partial charge in [-0.3, -0.25) is 4.90 Å². The van der Waals surface area contributed by atoms with Crippen molar-refractivity contribution in [3.05, 3.63) is 0 Å². The zero-order valence-corrected chi connectivity index (χ0v) is 13.6. The van der Waals surface area contributed by atoms with E-state index in [-0.39, 0.29) is 0 Å². The fourth-order valence-corrected chi connectivity index (χ4v) is 3.87. The summed E-state index contributed by atoms with van der Waals surface area (Å²) in [4.78, 5) is 2.77. The molecule has 0 radical (unpaired) electrons. The molecule has 0 spiro atoms. The van der Waals surface area contributed by atoms with Gasteiger partial charge in [-0.05, 0) is 65.0 Å². The highest BCUT2D eigenvalue weighted by Crippen LogP contribution is 2.34. The highest BCUT2D eigenvalue weighted by Gasteiger charge is 2.32. The maximum absolute atomic E-state index is 5.56. The summed E-state index contributed by atoms with van der Waals surface area (Å²) < 4.78 is 5.56. The summed E-state index contributed by atoms with van der Waals surface area (Å²) in [7, 11) is 0. The Bertz CT molecular complexity index is 255. The Kier molecular flexibility index (Phi) is 7.32. The first kappa shape index (κ1) is 16.3. The molecule has 1 saturated carbocycles. The Balaban J connectivity index is 1.54. The van der Waals surface area contributed by atoms with Gasteiger partial charge in [-0.2, -0.15) is 0 Å². The average molecular weight is 282 g/mol. The highest BCUT2D eigenvalue weighted by molar-refractivity contribution is 4.87. The van der Waals surface area contributed by atoms with Gasteiger partial charge in [-0.25, -0.2) is 0 Å². The maximum atomic E-state index is 5.56. The van der Waals surface area contributed by atoms with Gasteiger partial charge in [0.2, 0.25) is 0 Å². The molecule has 1 N–H and O–H groups in total. The summed E-state index contributed by atoms with van der Waals surface area (Å²) in [6.45, 7) is 9.90. The van der Waals surface area contributed by atoms with Crippen molar-refractivity contribution in [3.63, 3.8) is 0 Å². The van der Waals surface area contributed by atoms with Gasteiger partial charge in [0.15, 0.2) is 0 Å². The van der Waals surface area contributed by atoms with E-state index in [0.29, 0.717) is 6.10 Å². The smallest absolute Gasteiger partial charge is 0.0518 e. The second-order valence-electron chi connectivity index (χ2n) is 6.81. The van der Waals surface area contributed by atoms with Crippen LogP contribution in [0.3, 0.4) is 0 Å². The van der Waals surface area contributed by atoms with E-state index in [2.05, 4.69) is 24.1 Å².